The fraction of sp³-hybridized carbons (Fsp3) is 0.238. The largest absolute Gasteiger partial charge is 0.416 e. The zero-order chi connectivity index (χ0) is 20.6. The Morgan fingerprint density at radius 2 is 1.79 bits per heavy atom. The number of aromatic nitrogens is 2. The average molecular weight is 420 g/mol. The summed E-state index contributed by atoms with van der Waals surface area (Å²) < 4.78 is 38.3. The Morgan fingerprint density at radius 3 is 2.52 bits per heavy atom. The molecule has 1 aliphatic rings. The van der Waals surface area contributed by atoms with Crippen LogP contribution in [0.3, 0.4) is 0 Å². The molecule has 1 atom stereocenters. The van der Waals surface area contributed by atoms with Crippen LogP contribution in [0.2, 0.25) is 5.02 Å². The number of aliphatic hydroxyl groups excluding tert-OH is 1. The van der Waals surface area contributed by atoms with E-state index in [4.69, 9.17) is 11.6 Å². The molecule has 0 saturated carbocycles. The Hall–Kier alpha value is -2.64. The van der Waals surface area contributed by atoms with Crippen LogP contribution in [-0.2, 0) is 19.0 Å². The summed E-state index contributed by atoms with van der Waals surface area (Å²) in [6.45, 7) is 0. The predicted molar refractivity (Wildman–Crippen MR) is 105 cm³/mol. The number of nitrogens with one attached hydrogen (secondary N) is 1. The summed E-state index contributed by atoms with van der Waals surface area (Å²) in [6.07, 6.45) is -1.58. The molecule has 2 aromatic carbocycles. The highest BCUT2D eigenvalue weighted by Crippen LogP contribution is 2.35. The van der Waals surface area contributed by atoms with E-state index in [2.05, 4.69) is 15.3 Å². The SMILES string of the molecule is O[C@H]1CCc2c(Cl)ccc(Nc3cc(-c4ccc(C(F)(F)F)cc4)ncn3)c2C1. The fourth-order valence-electron chi connectivity index (χ4n) is 3.49. The van der Waals surface area contributed by atoms with Gasteiger partial charge >= 0.3 is 6.18 Å². The van der Waals surface area contributed by atoms with Gasteiger partial charge < -0.3 is 10.4 Å². The highest BCUT2D eigenvalue weighted by molar-refractivity contribution is 6.31. The topological polar surface area (TPSA) is 58.0 Å². The molecule has 0 unspecified atom stereocenters. The van der Waals surface area contributed by atoms with Crippen molar-refractivity contribution in [3.8, 4) is 11.3 Å². The quantitative estimate of drug-likeness (QED) is 0.596. The summed E-state index contributed by atoms with van der Waals surface area (Å²) in [5.41, 5.74) is 3.10. The monoisotopic (exact) mass is 419 g/mol. The zero-order valence-corrected chi connectivity index (χ0v) is 15.9. The van der Waals surface area contributed by atoms with Crippen LogP contribution in [0.1, 0.15) is 23.1 Å². The molecule has 29 heavy (non-hydrogen) atoms. The van der Waals surface area contributed by atoms with Crippen LogP contribution in [0.5, 0.6) is 0 Å². The number of halogens is 4. The molecule has 0 aliphatic heterocycles. The lowest BCUT2D eigenvalue weighted by Crippen LogP contribution is -2.20. The highest BCUT2D eigenvalue weighted by atomic mass is 35.5. The van der Waals surface area contributed by atoms with E-state index in [1.807, 2.05) is 6.07 Å². The van der Waals surface area contributed by atoms with E-state index in [1.54, 1.807) is 12.1 Å². The Bertz CT molecular complexity index is 1040. The number of alkyl halides is 3. The highest BCUT2D eigenvalue weighted by Gasteiger charge is 2.30. The first-order chi connectivity index (χ1) is 13.8. The minimum Gasteiger partial charge on any atom is -0.393 e. The third-order valence-corrected chi connectivity index (χ3v) is 5.33. The first-order valence-electron chi connectivity index (χ1n) is 9.06. The van der Waals surface area contributed by atoms with Gasteiger partial charge in [0.1, 0.15) is 12.1 Å². The Kier molecular flexibility index (Phi) is 5.19. The number of anilines is 2. The minimum atomic E-state index is -4.38. The summed E-state index contributed by atoms with van der Waals surface area (Å²) in [5.74, 6) is 0.500. The van der Waals surface area contributed by atoms with Crippen LogP contribution in [-0.4, -0.2) is 21.2 Å². The molecular weight excluding hydrogens is 403 g/mol. The molecule has 3 aromatic rings. The smallest absolute Gasteiger partial charge is 0.393 e. The summed E-state index contributed by atoms with van der Waals surface area (Å²) in [7, 11) is 0. The predicted octanol–water partition coefficient (Wildman–Crippen LogP) is 5.41. The van der Waals surface area contributed by atoms with Crippen LogP contribution < -0.4 is 5.32 Å². The van der Waals surface area contributed by atoms with E-state index in [-0.39, 0.29) is 0 Å². The van der Waals surface area contributed by atoms with Crippen LogP contribution in [0.15, 0.2) is 48.8 Å². The van der Waals surface area contributed by atoms with Crippen molar-refractivity contribution in [1.29, 1.82) is 0 Å². The Balaban J connectivity index is 1.62. The molecule has 0 bridgehead atoms. The number of benzene rings is 2. The van der Waals surface area contributed by atoms with Gasteiger partial charge in [-0.25, -0.2) is 9.97 Å². The lowest BCUT2D eigenvalue weighted by Gasteiger charge is -2.24. The number of hydrogen-bond donors (Lipinski definition) is 2. The van der Waals surface area contributed by atoms with Crippen molar-refractivity contribution in [1.82, 2.24) is 9.97 Å². The van der Waals surface area contributed by atoms with Crippen molar-refractivity contribution in [2.75, 3.05) is 5.32 Å². The van der Waals surface area contributed by atoms with Crippen molar-refractivity contribution in [2.45, 2.75) is 31.5 Å². The van der Waals surface area contributed by atoms with Crippen LogP contribution in [0.4, 0.5) is 24.7 Å². The first-order valence-corrected chi connectivity index (χ1v) is 9.44. The molecule has 0 saturated heterocycles. The van der Waals surface area contributed by atoms with Crippen LogP contribution in [0, 0.1) is 0 Å². The minimum absolute atomic E-state index is 0.422. The number of rotatable bonds is 3. The maximum absolute atomic E-state index is 12.8. The molecule has 4 rings (SSSR count). The summed E-state index contributed by atoms with van der Waals surface area (Å²) in [5, 5.41) is 13.9. The van der Waals surface area contributed by atoms with Crippen LogP contribution >= 0.6 is 11.6 Å². The van der Waals surface area contributed by atoms with E-state index in [1.165, 1.54) is 18.5 Å². The summed E-state index contributed by atoms with van der Waals surface area (Å²) in [4.78, 5) is 8.37. The first kappa shape index (κ1) is 19.7. The van der Waals surface area contributed by atoms with Gasteiger partial charge in [-0.1, -0.05) is 23.7 Å². The van der Waals surface area contributed by atoms with Crippen molar-refractivity contribution < 1.29 is 18.3 Å². The standard InChI is InChI=1S/C21H17ClF3N3O/c22-17-7-8-18(16-9-14(29)5-6-15(16)17)28-20-10-19(26-11-27-20)12-1-3-13(4-2-12)21(23,24)25/h1-4,7-8,10-11,14,29H,5-6,9H2,(H,26,27,28)/t14-/m0/s1. The molecule has 2 N–H and O–H groups in total. The third kappa shape index (κ3) is 4.21. The molecule has 1 aliphatic carbocycles. The van der Waals surface area contributed by atoms with Crippen molar-refractivity contribution >= 4 is 23.1 Å². The van der Waals surface area contributed by atoms with E-state index in [9.17, 15) is 18.3 Å². The molecule has 1 aromatic heterocycles. The number of nitrogens with zero attached hydrogens (tertiary/aromatic N) is 2. The van der Waals surface area contributed by atoms with Gasteiger partial charge in [-0.05, 0) is 48.2 Å². The third-order valence-electron chi connectivity index (χ3n) is 4.98. The van der Waals surface area contributed by atoms with E-state index < -0.39 is 17.8 Å². The van der Waals surface area contributed by atoms with E-state index in [0.717, 1.165) is 28.9 Å². The molecule has 8 heteroatoms. The van der Waals surface area contributed by atoms with Gasteiger partial charge in [-0.2, -0.15) is 13.2 Å². The van der Waals surface area contributed by atoms with Gasteiger partial charge in [0.2, 0.25) is 0 Å². The summed E-state index contributed by atoms with van der Waals surface area (Å²) in [6, 6.07) is 10.1. The van der Waals surface area contributed by atoms with Gasteiger partial charge in [0.15, 0.2) is 0 Å². The molecule has 1 heterocycles. The number of hydrogen-bond acceptors (Lipinski definition) is 4. The average Bonchev–Trinajstić information content (AvgIpc) is 2.70. The molecule has 0 radical (unpaired) electrons. The molecule has 0 spiro atoms. The molecule has 4 nitrogen and oxygen atoms in total. The fourth-order valence-corrected chi connectivity index (χ4v) is 3.76. The van der Waals surface area contributed by atoms with E-state index in [0.29, 0.717) is 41.4 Å². The van der Waals surface area contributed by atoms with Crippen LogP contribution in [0.25, 0.3) is 11.3 Å². The normalized spacial score (nSPS) is 16.4. The maximum Gasteiger partial charge on any atom is 0.416 e. The molecule has 0 fully saturated rings. The molecule has 0 amide bonds. The second kappa shape index (κ2) is 7.65. The van der Waals surface area contributed by atoms with Crippen molar-refractivity contribution in [2.24, 2.45) is 0 Å². The van der Waals surface area contributed by atoms with Crippen molar-refractivity contribution in [3.05, 3.63) is 70.5 Å². The lowest BCUT2D eigenvalue weighted by molar-refractivity contribution is -0.137. The van der Waals surface area contributed by atoms with Gasteiger partial charge in [-0.3, -0.25) is 0 Å². The van der Waals surface area contributed by atoms with Gasteiger partial charge in [0.05, 0.1) is 17.4 Å². The number of fused-ring (bicyclic) bond motifs is 1. The maximum atomic E-state index is 12.8. The molecular formula is C21H17ClF3N3O. The Labute approximate surface area is 170 Å². The number of aliphatic hydroxyl groups is 1. The van der Waals surface area contributed by atoms with Gasteiger partial charge in [0, 0.05) is 28.8 Å². The van der Waals surface area contributed by atoms with Gasteiger partial charge in [-0.15, -0.1) is 0 Å². The summed E-state index contributed by atoms with van der Waals surface area (Å²) >= 11 is 6.30. The van der Waals surface area contributed by atoms with Gasteiger partial charge in [0.25, 0.3) is 0 Å². The van der Waals surface area contributed by atoms with E-state index >= 15 is 0 Å². The zero-order valence-electron chi connectivity index (χ0n) is 15.2. The lowest BCUT2D eigenvalue weighted by atomic mass is 9.88. The Morgan fingerprint density at radius 1 is 1.03 bits per heavy atom. The van der Waals surface area contributed by atoms with Crippen molar-refractivity contribution in [3.63, 3.8) is 0 Å². The second-order valence-electron chi connectivity index (χ2n) is 6.94. The second-order valence-corrected chi connectivity index (χ2v) is 7.34. The molecule has 150 valence electrons.